The van der Waals surface area contributed by atoms with Crippen molar-refractivity contribution in [1.82, 2.24) is 10.2 Å². The summed E-state index contributed by atoms with van der Waals surface area (Å²) < 4.78 is 25.4. The summed E-state index contributed by atoms with van der Waals surface area (Å²) in [6.45, 7) is 2.10. The lowest BCUT2D eigenvalue weighted by Gasteiger charge is -2.33. The Morgan fingerprint density at radius 1 is 1.38 bits per heavy atom. The molecule has 0 bridgehead atoms. The fraction of sp³-hybridized carbons (Fsp3) is 0.462. The molecule has 3 N–H and O–H groups in total. The molecule has 1 aromatic carbocycles. The van der Waals surface area contributed by atoms with Crippen LogP contribution in [0.2, 0.25) is 0 Å². The van der Waals surface area contributed by atoms with E-state index in [1.54, 1.807) is 24.3 Å². The predicted molar refractivity (Wildman–Crippen MR) is 83.6 cm³/mol. The fourth-order valence-corrected chi connectivity index (χ4v) is 3.82. The first-order valence-corrected chi connectivity index (χ1v) is 9.07. The van der Waals surface area contributed by atoms with Crippen LogP contribution in [0.4, 0.5) is 0 Å². The van der Waals surface area contributed by atoms with Gasteiger partial charge in [0.15, 0.2) is 9.84 Å². The molecule has 8 heteroatoms. The number of carbonyl (C=O) groups is 1. The summed E-state index contributed by atoms with van der Waals surface area (Å²) in [5, 5.41) is 3.08. The van der Waals surface area contributed by atoms with E-state index in [0.29, 0.717) is 19.6 Å². The number of halogens is 1. The summed E-state index contributed by atoms with van der Waals surface area (Å²) in [7, 11) is -3.36. The van der Waals surface area contributed by atoms with Crippen molar-refractivity contribution in [2.75, 3.05) is 31.9 Å². The number of sulfone groups is 1. The summed E-state index contributed by atoms with van der Waals surface area (Å²) in [6.07, 6.45) is 0. The molecule has 6 nitrogen and oxygen atoms in total. The maximum Gasteiger partial charge on any atom is 0.236 e. The summed E-state index contributed by atoms with van der Waals surface area (Å²) in [4.78, 5) is 13.5. The smallest absolute Gasteiger partial charge is 0.236 e. The lowest BCUT2D eigenvalue weighted by Crippen LogP contribution is -2.57. The van der Waals surface area contributed by atoms with Crippen molar-refractivity contribution in [1.29, 1.82) is 0 Å². The molecule has 2 rings (SSSR count). The van der Waals surface area contributed by atoms with Crippen LogP contribution in [-0.4, -0.2) is 57.2 Å². The van der Waals surface area contributed by atoms with Crippen LogP contribution in [0.25, 0.3) is 0 Å². The molecule has 1 heterocycles. The monoisotopic (exact) mass is 375 g/mol. The molecule has 0 spiro atoms. The number of primary amides is 1. The lowest BCUT2D eigenvalue weighted by molar-refractivity contribution is -0.123. The summed E-state index contributed by atoms with van der Waals surface area (Å²) in [5.74, 6) is -0.457. The highest BCUT2D eigenvalue weighted by Crippen LogP contribution is 2.16. The second-order valence-electron chi connectivity index (χ2n) is 4.93. The molecular weight excluding hydrogens is 358 g/mol. The minimum absolute atomic E-state index is 0.0294. The van der Waals surface area contributed by atoms with Crippen molar-refractivity contribution in [2.24, 2.45) is 5.73 Å². The second-order valence-corrected chi connectivity index (χ2v) is 7.96. The van der Waals surface area contributed by atoms with Gasteiger partial charge in [0.2, 0.25) is 5.91 Å². The number of carbonyl (C=O) groups excluding carboxylic acids is 1. The topological polar surface area (TPSA) is 92.5 Å². The third-order valence-corrected chi connectivity index (χ3v) is 5.74. The molecule has 1 aromatic rings. The largest absolute Gasteiger partial charge is 0.368 e. The molecule has 1 aliphatic heterocycles. The Kier molecular flexibility index (Phi) is 5.37. The van der Waals surface area contributed by atoms with E-state index in [-0.39, 0.29) is 10.6 Å². The highest BCUT2D eigenvalue weighted by atomic mass is 79.9. The zero-order valence-electron chi connectivity index (χ0n) is 11.5. The van der Waals surface area contributed by atoms with Gasteiger partial charge in [-0.2, -0.15) is 0 Å². The summed E-state index contributed by atoms with van der Waals surface area (Å²) in [6, 6.07) is 6.10. The number of benzene rings is 1. The quantitative estimate of drug-likeness (QED) is 0.754. The van der Waals surface area contributed by atoms with Gasteiger partial charge in [0.1, 0.15) is 6.04 Å². The van der Waals surface area contributed by atoms with E-state index in [9.17, 15) is 13.2 Å². The number of nitrogens with one attached hydrogen (secondary N) is 1. The van der Waals surface area contributed by atoms with Crippen LogP contribution in [0, 0.1) is 0 Å². The molecule has 1 amide bonds. The molecule has 1 atom stereocenters. The van der Waals surface area contributed by atoms with E-state index in [0.717, 1.165) is 11.0 Å². The second kappa shape index (κ2) is 6.87. The number of hydrogen-bond donors (Lipinski definition) is 2. The SMILES string of the molecule is NC(=O)C1CNCCN1CCS(=O)(=O)c1ccc(Br)cc1. The van der Waals surface area contributed by atoms with Gasteiger partial charge in [0.05, 0.1) is 10.6 Å². The van der Waals surface area contributed by atoms with E-state index in [4.69, 9.17) is 5.73 Å². The average molecular weight is 376 g/mol. The van der Waals surface area contributed by atoms with Crippen LogP contribution in [0.3, 0.4) is 0 Å². The lowest BCUT2D eigenvalue weighted by atomic mass is 10.2. The maximum atomic E-state index is 12.3. The number of rotatable bonds is 5. The minimum Gasteiger partial charge on any atom is -0.368 e. The van der Waals surface area contributed by atoms with Crippen molar-refractivity contribution in [3.63, 3.8) is 0 Å². The molecular formula is C13H18BrN3O3S. The van der Waals surface area contributed by atoms with Crippen LogP contribution in [0.5, 0.6) is 0 Å². The summed E-state index contributed by atoms with van der Waals surface area (Å²) in [5.41, 5.74) is 5.35. The van der Waals surface area contributed by atoms with Gasteiger partial charge >= 0.3 is 0 Å². The number of nitrogens with zero attached hydrogens (tertiary/aromatic N) is 1. The molecule has 116 valence electrons. The number of hydrogen-bond acceptors (Lipinski definition) is 5. The zero-order valence-corrected chi connectivity index (χ0v) is 13.9. The van der Waals surface area contributed by atoms with Gasteiger partial charge in [-0.15, -0.1) is 0 Å². The molecule has 1 fully saturated rings. The molecule has 0 aromatic heterocycles. The Morgan fingerprint density at radius 3 is 2.67 bits per heavy atom. The van der Waals surface area contributed by atoms with Gasteiger partial charge in [-0.3, -0.25) is 9.69 Å². The molecule has 1 saturated heterocycles. The van der Waals surface area contributed by atoms with E-state index in [2.05, 4.69) is 21.2 Å². The van der Waals surface area contributed by atoms with Crippen LogP contribution in [-0.2, 0) is 14.6 Å². The Morgan fingerprint density at radius 2 is 2.05 bits per heavy atom. The Bertz CT molecular complexity index is 604. The van der Waals surface area contributed by atoms with Crippen molar-refractivity contribution < 1.29 is 13.2 Å². The highest BCUT2D eigenvalue weighted by Gasteiger charge is 2.28. The first kappa shape index (κ1) is 16.4. The minimum atomic E-state index is -3.36. The van der Waals surface area contributed by atoms with Crippen molar-refractivity contribution in [3.05, 3.63) is 28.7 Å². The Labute approximate surface area is 132 Å². The van der Waals surface area contributed by atoms with Crippen LogP contribution in [0.1, 0.15) is 0 Å². The molecule has 0 aliphatic carbocycles. The van der Waals surface area contributed by atoms with Gasteiger partial charge in [-0.1, -0.05) is 15.9 Å². The first-order valence-electron chi connectivity index (χ1n) is 6.62. The first-order chi connectivity index (χ1) is 9.90. The summed E-state index contributed by atoms with van der Waals surface area (Å²) >= 11 is 3.28. The third kappa shape index (κ3) is 4.26. The Hall–Kier alpha value is -0.960. The molecule has 0 saturated carbocycles. The fourth-order valence-electron chi connectivity index (χ4n) is 2.29. The number of amides is 1. The van der Waals surface area contributed by atoms with E-state index >= 15 is 0 Å². The van der Waals surface area contributed by atoms with E-state index in [1.807, 2.05) is 4.90 Å². The molecule has 1 unspecified atom stereocenters. The maximum absolute atomic E-state index is 12.3. The van der Waals surface area contributed by atoms with Gasteiger partial charge in [-0.05, 0) is 24.3 Å². The van der Waals surface area contributed by atoms with Crippen LogP contribution in [0.15, 0.2) is 33.6 Å². The molecule has 0 radical (unpaired) electrons. The normalized spacial score (nSPS) is 20.3. The van der Waals surface area contributed by atoms with Gasteiger partial charge in [0.25, 0.3) is 0 Å². The van der Waals surface area contributed by atoms with Crippen LogP contribution >= 0.6 is 15.9 Å². The highest BCUT2D eigenvalue weighted by molar-refractivity contribution is 9.10. The van der Waals surface area contributed by atoms with Gasteiger partial charge in [0, 0.05) is 30.7 Å². The third-order valence-electron chi connectivity index (χ3n) is 3.50. The van der Waals surface area contributed by atoms with Crippen molar-refractivity contribution in [2.45, 2.75) is 10.9 Å². The van der Waals surface area contributed by atoms with Crippen molar-refractivity contribution in [3.8, 4) is 0 Å². The predicted octanol–water partition coefficient (Wildman–Crippen LogP) is -0.0181. The molecule has 1 aliphatic rings. The van der Waals surface area contributed by atoms with Gasteiger partial charge in [-0.25, -0.2) is 8.42 Å². The average Bonchev–Trinajstić information content (AvgIpc) is 2.46. The standard InChI is InChI=1S/C13H18BrN3O3S/c14-10-1-3-11(4-2-10)21(19,20)8-7-17-6-5-16-9-12(17)13(15)18/h1-4,12,16H,5-9H2,(H2,15,18). The molecule has 21 heavy (non-hydrogen) atoms. The van der Waals surface area contributed by atoms with Gasteiger partial charge < -0.3 is 11.1 Å². The number of piperazine rings is 1. The Balaban J connectivity index is 2.03. The van der Waals surface area contributed by atoms with Crippen molar-refractivity contribution >= 4 is 31.7 Å². The zero-order chi connectivity index (χ0) is 15.5. The van der Waals surface area contributed by atoms with E-state index < -0.39 is 21.8 Å². The van der Waals surface area contributed by atoms with E-state index in [1.165, 1.54) is 0 Å². The van der Waals surface area contributed by atoms with Crippen LogP contribution < -0.4 is 11.1 Å². The number of nitrogens with two attached hydrogens (primary N) is 1.